The van der Waals surface area contributed by atoms with Crippen LogP contribution in [0.4, 0.5) is 0 Å². The van der Waals surface area contributed by atoms with Crippen LogP contribution in [0, 0.1) is 5.92 Å². The molecular weight excluding hydrogens is 344 g/mol. The number of rotatable bonds is 12. The third-order valence-corrected chi connectivity index (χ3v) is 4.53. The van der Waals surface area contributed by atoms with E-state index >= 15 is 0 Å². The van der Waals surface area contributed by atoms with Gasteiger partial charge in [-0.25, -0.2) is 5.90 Å². The first-order valence-corrected chi connectivity index (χ1v) is 9.06. The number of benzene rings is 1. The number of halogens is 1. The largest absolute Gasteiger partial charge is 0.488 e. The van der Waals surface area contributed by atoms with Crippen molar-refractivity contribution in [2.45, 2.75) is 58.2 Å². The molecule has 7 heteroatoms. The molecule has 0 heterocycles. The molecule has 0 fully saturated rings. The van der Waals surface area contributed by atoms with Gasteiger partial charge in [0.05, 0.1) is 18.4 Å². The van der Waals surface area contributed by atoms with Crippen molar-refractivity contribution in [2.75, 3.05) is 6.61 Å². The zero-order valence-electron chi connectivity index (χ0n) is 14.9. The molecular formula is C18H29ClN2O4. The molecule has 0 radical (unpaired) electrons. The Morgan fingerprint density at radius 2 is 2.04 bits per heavy atom. The Morgan fingerprint density at radius 1 is 1.28 bits per heavy atom. The van der Waals surface area contributed by atoms with Gasteiger partial charge in [0.15, 0.2) is 0 Å². The number of hydrogen-bond donors (Lipinski definition) is 3. The Morgan fingerprint density at radius 3 is 2.60 bits per heavy atom. The van der Waals surface area contributed by atoms with Crippen LogP contribution in [0.1, 0.15) is 46.0 Å². The van der Waals surface area contributed by atoms with E-state index in [1.165, 1.54) is 0 Å². The van der Waals surface area contributed by atoms with Gasteiger partial charge in [-0.05, 0) is 43.9 Å². The standard InChI is InChI=1S/C18H29ClN2O4/c1-3-13(16(21-23)10-11-24-20)8-9-17(22)18(4-2)25-15-7-5-6-14(19)12-15/h5-7,12-13,17-18,22-23H,3-4,8-11,20H2,1-2H3/b21-16-/t13?,17-,18?/m1/s1. The molecule has 1 rings (SSSR count). The van der Waals surface area contributed by atoms with Gasteiger partial charge >= 0.3 is 0 Å². The van der Waals surface area contributed by atoms with Crippen molar-refractivity contribution >= 4 is 17.3 Å². The maximum atomic E-state index is 10.5. The molecule has 0 bridgehead atoms. The van der Waals surface area contributed by atoms with Crippen LogP contribution in [0.2, 0.25) is 5.02 Å². The minimum atomic E-state index is -0.622. The van der Waals surface area contributed by atoms with Gasteiger partial charge in [-0.3, -0.25) is 0 Å². The average molecular weight is 373 g/mol. The van der Waals surface area contributed by atoms with E-state index in [9.17, 15) is 10.3 Å². The predicted molar refractivity (Wildman–Crippen MR) is 99.2 cm³/mol. The Hall–Kier alpha value is -1.34. The lowest BCUT2D eigenvalue weighted by Crippen LogP contribution is -2.32. The molecule has 1 aromatic carbocycles. The summed E-state index contributed by atoms with van der Waals surface area (Å²) in [5.41, 5.74) is 0.643. The zero-order chi connectivity index (χ0) is 18.7. The van der Waals surface area contributed by atoms with E-state index in [-0.39, 0.29) is 12.0 Å². The van der Waals surface area contributed by atoms with Gasteiger partial charge in [-0.15, -0.1) is 0 Å². The van der Waals surface area contributed by atoms with Gasteiger partial charge < -0.3 is 19.9 Å². The molecule has 3 atom stereocenters. The maximum absolute atomic E-state index is 10.5. The molecule has 1 aromatic rings. The van der Waals surface area contributed by atoms with Crippen molar-refractivity contribution < 1.29 is 19.9 Å². The van der Waals surface area contributed by atoms with Crippen molar-refractivity contribution in [3.8, 4) is 5.75 Å². The number of nitrogens with two attached hydrogens (primary N) is 1. The maximum Gasteiger partial charge on any atom is 0.124 e. The van der Waals surface area contributed by atoms with Crippen molar-refractivity contribution in [1.82, 2.24) is 0 Å². The second-order valence-electron chi connectivity index (χ2n) is 5.98. The van der Waals surface area contributed by atoms with E-state index in [0.717, 1.165) is 6.42 Å². The Bertz CT molecular complexity index is 528. The van der Waals surface area contributed by atoms with Crippen LogP contribution in [-0.4, -0.2) is 34.8 Å². The molecule has 0 aliphatic carbocycles. The third kappa shape index (κ3) is 7.61. The highest BCUT2D eigenvalue weighted by molar-refractivity contribution is 6.30. The first-order chi connectivity index (χ1) is 12.0. The summed E-state index contributed by atoms with van der Waals surface area (Å²) in [6.07, 6.45) is 2.24. The van der Waals surface area contributed by atoms with Crippen LogP contribution in [-0.2, 0) is 4.84 Å². The Kier molecular flexibility index (Phi) is 10.5. The molecule has 0 aromatic heterocycles. The minimum Gasteiger partial charge on any atom is -0.488 e. The summed E-state index contributed by atoms with van der Waals surface area (Å²) in [6, 6.07) is 7.14. The number of oxime groups is 1. The topological polar surface area (TPSA) is 97.3 Å². The molecule has 0 saturated heterocycles. The molecule has 0 aliphatic rings. The zero-order valence-corrected chi connectivity index (χ0v) is 15.7. The van der Waals surface area contributed by atoms with Gasteiger partial charge in [0.25, 0.3) is 0 Å². The summed E-state index contributed by atoms with van der Waals surface area (Å²) in [7, 11) is 0. The van der Waals surface area contributed by atoms with Crippen molar-refractivity contribution in [1.29, 1.82) is 0 Å². The van der Waals surface area contributed by atoms with Gasteiger partial charge in [0, 0.05) is 17.4 Å². The molecule has 0 spiro atoms. The predicted octanol–water partition coefficient (Wildman–Crippen LogP) is 3.78. The molecule has 0 saturated carbocycles. The molecule has 142 valence electrons. The number of ether oxygens (including phenoxy) is 1. The minimum absolute atomic E-state index is 0.0680. The lowest BCUT2D eigenvalue weighted by Gasteiger charge is -2.25. The van der Waals surface area contributed by atoms with Gasteiger partial charge in [0.1, 0.15) is 11.9 Å². The number of nitrogens with zero attached hydrogens (tertiary/aromatic N) is 1. The van der Waals surface area contributed by atoms with E-state index in [1.807, 2.05) is 26.0 Å². The number of aliphatic hydroxyl groups is 1. The summed E-state index contributed by atoms with van der Waals surface area (Å²) in [5, 5.41) is 23.7. The summed E-state index contributed by atoms with van der Waals surface area (Å²) >= 11 is 5.97. The van der Waals surface area contributed by atoms with E-state index in [2.05, 4.69) is 9.99 Å². The van der Waals surface area contributed by atoms with Crippen LogP contribution in [0.5, 0.6) is 5.75 Å². The SMILES string of the molecule is CCC(CC[C@@H](O)C(CC)Oc1cccc(Cl)c1)/C(CCON)=N\O. The third-order valence-electron chi connectivity index (χ3n) is 4.29. The first-order valence-electron chi connectivity index (χ1n) is 8.68. The molecule has 25 heavy (non-hydrogen) atoms. The molecule has 2 unspecified atom stereocenters. The van der Waals surface area contributed by atoms with Crippen LogP contribution in [0.15, 0.2) is 29.4 Å². The van der Waals surface area contributed by atoms with Gasteiger partial charge in [0.2, 0.25) is 0 Å². The number of aliphatic hydroxyl groups excluding tert-OH is 1. The van der Waals surface area contributed by atoms with Gasteiger partial charge in [-0.2, -0.15) is 0 Å². The lowest BCUT2D eigenvalue weighted by molar-refractivity contribution is 0.0260. The van der Waals surface area contributed by atoms with E-state index in [1.54, 1.807) is 12.1 Å². The quantitative estimate of drug-likeness (QED) is 0.295. The normalized spacial score (nSPS) is 15.6. The van der Waals surface area contributed by atoms with Crippen LogP contribution < -0.4 is 10.6 Å². The van der Waals surface area contributed by atoms with Crippen LogP contribution in [0.25, 0.3) is 0 Å². The fourth-order valence-corrected chi connectivity index (χ4v) is 2.99. The first kappa shape index (κ1) is 21.7. The number of hydrogen-bond acceptors (Lipinski definition) is 6. The monoisotopic (exact) mass is 372 g/mol. The summed E-state index contributed by atoms with van der Waals surface area (Å²) < 4.78 is 5.87. The fraction of sp³-hybridized carbons (Fsp3) is 0.611. The van der Waals surface area contributed by atoms with E-state index in [0.29, 0.717) is 48.8 Å². The highest BCUT2D eigenvalue weighted by Crippen LogP contribution is 2.23. The van der Waals surface area contributed by atoms with Crippen molar-refractivity contribution in [2.24, 2.45) is 17.0 Å². The smallest absolute Gasteiger partial charge is 0.124 e. The molecule has 6 nitrogen and oxygen atoms in total. The molecule has 0 aliphatic heterocycles. The fourth-order valence-electron chi connectivity index (χ4n) is 2.81. The highest BCUT2D eigenvalue weighted by atomic mass is 35.5. The van der Waals surface area contributed by atoms with Crippen LogP contribution >= 0.6 is 11.6 Å². The summed E-state index contributed by atoms with van der Waals surface area (Å²) in [5.74, 6) is 5.74. The summed E-state index contributed by atoms with van der Waals surface area (Å²) in [6.45, 7) is 4.29. The average Bonchev–Trinajstić information content (AvgIpc) is 2.62. The second-order valence-corrected chi connectivity index (χ2v) is 6.42. The Balaban J connectivity index is 2.60. The van der Waals surface area contributed by atoms with Gasteiger partial charge in [-0.1, -0.05) is 36.7 Å². The molecule has 0 amide bonds. The van der Waals surface area contributed by atoms with Crippen molar-refractivity contribution in [3.05, 3.63) is 29.3 Å². The lowest BCUT2D eigenvalue weighted by atomic mass is 9.90. The van der Waals surface area contributed by atoms with E-state index < -0.39 is 6.10 Å². The Labute approximate surface area is 154 Å². The van der Waals surface area contributed by atoms with Crippen LogP contribution in [0.3, 0.4) is 0 Å². The highest BCUT2D eigenvalue weighted by Gasteiger charge is 2.22. The van der Waals surface area contributed by atoms with E-state index in [4.69, 9.17) is 22.2 Å². The second kappa shape index (κ2) is 12.1. The molecule has 4 N–H and O–H groups in total. The summed E-state index contributed by atoms with van der Waals surface area (Å²) in [4.78, 5) is 4.55. The van der Waals surface area contributed by atoms with Crippen molar-refractivity contribution in [3.63, 3.8) is 0 Å².